The first kappa shape index (κ1) is 16.7. The summed E-state index contributed by atoms with van der Waals surface area (Å²) in [6.45, 7) is 4.11. The summed E-state index contributed by atoms with van der Waals surface area (Å²) >= 11 is 0. The maximum atomic E-state index is 11.7. The van der Waals surface area contributed by atoms with Crippen LogP contribution in [0.25, 0.3) is 0 Å². The molecule has 0 atom stereocenters. The molecule has 0 aliphatic rings. The summed E-state index contributed by atoms with van der Waals surface area (Å²) in [4.78, 5) is 34.0. The average Bonchev–Trinajstić information content (AvgIpc) is 2.41. The standard InChI is InChI=1S/C15H20N2O4/c1-3-16-13(18)5-4-6-14(19)17-11-8-7-10(2)12(9-11)15(20)21/h7-9H,3-6H2,1-2H3,(H,16,18)(H,17,19)(H,20,21). The minimum Gasteiger partial charge on any atom is -0.478 e. The molecule has 0 saturated carbocycles. The molecule has 6 nitrogen and oxygen atoms in total. The summed E-state index contributed by atoms with van der Waals surface area (Å²) in [5.74, 6) is -1.34. The molecule has 114 valence electrons. The number of rotatable bonds is 7. The fraction of sp³-hybridized carbons (Fsp3) is 0.400. The third-order valence-corrected chi connectivity index (χ3v) is 2.93. The van der Waals surface area contributed by atoms with Gasteiger partial charge in [-0.1, -0.05) is 6.07 Å². The lowest BCUT2D eigenvalue weighted by molar-refractivity contribution is -0.121. The molecular weight excluding hydrogens is 272 g/mol. The third kappa shape index (κ3) is 5.64. The van der Waals surface area contributed by atoms with Crippen molar-refractivity contribution in [3.05, 3.63) is 29.3 Å². The molecule has 0 aliphatic heterocycles. The van der Waals surface area contributed by atoms with E-state index in [0.717, 1.165) is 0 Å². The number of hydrogen-bond acceptors (Lipinski definition) is 3. The predicted molar refractivity (Wildman–Crippen MR) is 79.3 cm³/mol. The Morgan fingerprint density at radius 3 is 2.43 bits per heavy atom. The van der Waals surface area contributed by atoms with Crippen LogP contribution in [-0.4, -0.2) is 29.4 Å². The van der Waals surface area contributed by atoms with Gasteiger partial charge in [0, 0.05) is 25.1 Å². The fourth-order valence-corrected chi connectivity index (χ4v) is 1.85. The van der Waals surface area contributed by atoms with Gasteiger partial charge < -0.3 is 15.7 Å². The third-order valence-electron chi connectivity index (χ3n) is 2.93. The van der Waals surface area contributed by atoms with Crippen molar-refractivity contribution in [3.63, 3.8) is 0 Å². The van der Waals surface area contributed by atoms with Crippen LogP contribution in [0.15, 0.2) is 18.2 Å². The summed E-state index contributed by atoms with van der Waals surface area (Å²) in [6, 6.07) is 4.73. The molecule has 1 rings (SSSR count). The first-order valence-corrected chi connectivity index (χ1v) is 6.84. The Kier molecular flexibility index (Phi) is 6.39. The zero-order valence-electron chi connectivity index (χ0n) is 12.2. The van der Waals surface area contributed by atoms with E-state index in [-0.39, 0.29) is 23.8 Å². The number of carbonyl (C=O) groups is 3. The zero-order valence-corrected chi connectivity index (χ0v) is 12.2. The van der Waals surface area contributed by atoms with Crippen molar-refractivity contribution < 1.29 is 19.5 Å². The van der Waals surface area contributed by atoms with Gasteiger partial charge in [-0.15, -0.1) is 0 Å². The number of nitrogens with one attached hydrogen (secondary N) is 2. The van der Waals surface area contributed by atoms with E-state index in [1.54, 1.807) is 19.1 Å². The number of anilines is 1. The highest BCUT2D eigenvalue weighted by Crippen LogP contribution is 2.15. The molecule has 3 N–H and O–H groups in total. The largest absolute Gasteiger partial charge is 0.478 e. The molecule has 0 heterocycles. The molecule has 0 bridgehead atoms. The van der Waals surface area contributed by atoms with Crippen LogP contribution in [0.5, 0.6) is 0 Å². The Hall–Kier alpha value is -2.37. The first-order chi connectivity index (χ1) is 9.93. The molecule has 6 heteroatoms. The number of carbonyl (C=O) groups excluding carboxylic acids is 2. The number of benzene rings is 1. The predicted octanol–water partition coefficient (Wildman–Crippen LogP) is 1.94. The van der Waals surface area contributed by atoms with Crippen molar-refractivity contribution in [2.75, 3.05) is 11.9 Å². The van der Waals surface area contributed by atoms with E-state index in [2.05, 4.69) is 10.6 Å². The van der Waals surface area contributed by atoms with E-state index in [9.17, 15) is 14.4 Å². The highest BCUT2D eigenvalue weighted by molar-refractivity contribution is 5.94. The normalized spacial score (nSPS) is 10.0. The van der Waals surface area contributed by atoms with Gasteiger partial charge in [-0.3, -0.25) is 9.59 Å². The molecule has 0 radical (unpaired) electrons. The summed E-state index contributed by atoms with van der Waals surface area (Å²) in [5, 5.41) is 14.3. The molecule has 21 heavy (non-hydrogen) atoms. The monoisotopic (exact) mass is 292 g/mol. The summed E-state index contributed by atoms with van der Waals surface area (Å²) in [5.41, 5.74) is 1.24. The van der Waals surface area contributed by atoms with Crippen molar-refractivity contribution in [2.45, 2.75) is 33.1 Å². The molecule has 0 fully saturated rings. The Morgan fingerprint density at radius 1 is 1.14 bits per heavy atom. The second-order valence-corrected chi connectivity index (χ2v) is 4.69. The second-order valence-electron chi connectivity index (χ2n) is 4.69. The lowest BCUT2D eigenvalue weighted by Crippen LogP contribution is -2.22. The van der Waals surface area contributed by atoms with Crippen LogP contribution in [0.4, 0.5) is 5.69 Å². The minimum atomic E-state index is -1.03. The SMILES string of the molecule is CCNC(=O)CCCC(=O)Nc1ccc(C)c(C(=O)O)c1. The number of hydrogen-bond donors (Lipinski definition) is 3. The number of carboxylic acids is 1. The highest BCUT2D eigenvalue weighted by atomic mass is 16.4. The van der Waals surface area contributed by atoms with E-state index in [4.69, 9.17) is 5.11 Å². The number of amides is 2. The van der Waals surface area contributed by atoms with E-state index < -0.39 is 5.97 Å². The lowest BCUT2D eigenvalue weighted by atomic mass is 10.1. The zero-order chi connectivity index (χ0) is 15.8. The van der Waals surface area contributed by atoms with Crippen LogP contribution in [0.2, 0.25) is 0 Å². The minimum absolute atomic E-state index is 0.0752. The van der Waals surface area contributed by atoms with E-state index in [0.29, 0.717) is 30.6 Å². The van der Waals surface area contributed by atoms with Gasteiger partial charge >= 0.3 is 5.97 Å². The Labute approximate surface area is 123 Å². The van der Waals surface area contributed by atoms with Gasteiger partial charge in [0.05, 0.1) is 5.56 Å². The molecule has 1 aromatic rings. The van der Waals surface area contributed by atoms with Crippen molar-refractivity contribution in [1.82, 2.24) is 5.32 Å². The molecule has 2 amide bonds. The van der Waals surface area contributed by atoms with Crippen molar-refractivity contribution >= 4 is 23.5 Å². The van der Waals surface area contributed by atoms with Crippen LogP contribution >= 0.6 is 0 Å². The number of aryl methyl sites for hydroxylation is 1. The van der Waals surface area contributed by atoms with E-state index >= 15 is 0 Å². The topological polar surface area (TPSA) is 95.5 Å². The van der Waals surface area contributed by atoms with Crippen molar-refractivity contribution in [1.29, 1.82) is 0 Å². The quantitative estimate of drug-likeness (QED) is 0.715. The van der Waals surface area contributed by atoms with Gasteiger partial charge in [-0.2, -0.15) is 0 Å². The van der Waals surface area contributed by atoms with Crippen LogP contribution in [0, 0.1) is 6.92 Å². The molecular formula is C15H20N2O4. The smallest absolute Gasteiger partial charge is 0.336 e. The Balaban J connectivity index is 2.50. The number of carboxylic acid groups (broad SMARTS) is 1. The van der Waals surface area contributed by atoms with Crippen molar-refractivity contribution in [2.24, 2.45) is 0 Å². The molecule has 0 aliphatic carbocycles. The van der Waals surface area contributed by atoms with Gasteiger partial charge in [0.25, 0.3) is 0 Å². The van der Waals surface area contributed by atoms with Gasteiger partial charge in [0.2, 0.25) is 11.8 Å². The van der Waals surface area contributed by atoms with Gasteiger partial charge in [-0.05, 0) is 38.0 Å². The van der Waals surface area contributed by atoms with Crippen LogP contribution < -0.4 is 10.6 Å². The maximum Gasteiger partial charge on any atom is 0.336 e. The molecule has 0 saturated heterocycles. The van der Waals surface area contributed by atoms with Crippen LogP contribution in [0.1, 0.15) is 42.1 Å². The molecule has 0 spiro atoms. The fourth-order valence-electron chi connectivity index (χ4n) is 1.85. The van der Waals surface area contributed by atoms with Gasteiger partial charge in [0.1, 0.15) is 0 Å². The summed E-state index contributed by atoms with van der Waals surface area (Å²) in [7, 11) is 0. The van der Waals surface area contributed by atoms with Crippen LogP contribution in [0.3, 0.4) is 0 Å². The molecule has 0 unspecified atom stereocenters. The summed E-state index contributed by atoms with van der Waals surface area (Å²) < 4.78 is 0. The Morgan fingerprint density at radius 2 is 1.81 bits per heavy atom. The lowest BCUT2D eigenvalue weighted by Gasteiger charge is -2.08. The summed E-state index contributed by atoms with van der Waals surface area (Å²) in [6.07, 6.45) is 0.971. The molecule has 0 aromatic heterocycles. The van der Waals surface area contributed by atoms with Gasteiger partial charge in [0.15, 0.2) is 0 Å². The van der Waals surface area contributed by atoms with Gasteiger partial charge in [-0.25, -0.2) is 4.79 Å². The first-order valence-electron chi connectivity index (χ1n) is 6.84. The number of aromatic carboxylic acids is 1. The van der Waals surface area contributed by atoms with E-state index in [1.807, 2.05) is 6.92 Å². The second kappa shape index (κ2) is 8.04. The van der Waals surface area contributed by atoms with Crippen molar-refractivity contribution in [3.8, 4) is 0 Å². The van der Waals surface area contributed by atoms with E-state index in [1.165, 1.54) is 6.07 Å². The maximum absolute atomic E-state index is 11.7. The molecule has 1 aromatic carbocycles. The average molecular weight is 292 g/mol. The highest BCUT2D eigenvalue weighted by Gasteiger charge is 2.10. The Bertz CT molecular complexity index is 540. The van der Waals surface area contributed by atoms with Crippen LogP contribution in [-0.2, 0) is 9.59 Å².